The number of ether oxygens (including phenoxy) is 1. The Morgan fingerprint density at radius 3 is 2.11 bits per heavy atom. The maximum Gasteiger partial charge on any atom is 0.127 e. The van der Waals surface area contributed by atoms with E-state index in [1.807, 2.05) is 41.7 Å². The minimum Gasteiger partial charge on any atom is -0.457 e. The Kier molecular flexibility index (Phi) is 8.61. The first-order chi connectivity index (χ1) is 12.4. The molecular formula is C21H24Cl2N2OS. The van der Waals surface area contributed by atoms with E-state index < -0.39 is 0 Å². The lowest BCUT2D eigenvalue weighted by Gasteiger charge is -2.34. The molecule has 27 heavy (non-hydrogen) atoms. The van der Waals surface area contributed by atoms with E-state index in [1.165, 1.54) is 10.4 Å². The second-order valence-electron chi connectivity index (χ2n) is 6.19. The summed E-state index contributed by atoms with van der Waals surface area (Å²) in [5.74, 6) is 1.74. The standard InChI is InChI=1S/C21H22N2OS.2ClH/c1-2-5-18(6-3-1)24-19-10-8-17(9-11-19)21(20-7-4-16-25-20)23-14-12-22-13-15-23;;/h1-11,16,21-22H,12-15H2;2*1H/t21-;;/m0../s1. The van der Waals surface area contributed by atoms with Gasteiger partial charge >= 0.3 is 0 Å². The van der Waals surface area contributed by atoms with Gasteiger partial charge in [-0.2, -0.15) is 0 Å². The Balaban J connectivity index is 0.00000131. The van der Waals surface area contributed by atoms with E-state index in [4.69, 9.17) is 4.74 Å². The molecule has 1 aliphatic heterocycles. The molecule has 1 fully saturated rings. The summed E-state index contributed by atoms with van der Waals surface area (Å²) in [7, 11) is 0. The van der Waals surface area contributed by atoms with Gasteiger partial charge in [-0.3, -0.25) is 4.90 Å². The van der Waals surface area contributed by atoms with Gasteiger partial charge in [0.2, 0.25) is 0 Å². The normalized spacial score (nSPS) is 15.3. The molecule has 3 nitrogen and oxygen atoms in total. The summed E-state index contributed by atoms with van der Waals surface area (Å²) >= 11 is 1.83. The van der Waals surface area contributed by atoms with Crippen LogP contribution in [0.15, 0.2) is 72.1 Å². The van der Waals surface area contributed by atoms with Crippen LogP contribution in [0.3, 0.4) is 0 Å². The summed E-state index contributed by atoms with van der Waals surface area (Å²) in [5, 5.41) is 5.61. The van der Waals surface area contributed by atoms with Crippen molar-refractivity contribution in [1.82, 2.24) is 10.2 Å². The van der Waals surface area contributed by atoms with Crippen molar-refractivity contribution in [3.8, 4) is 11.5 Å². The van der Waals surface area contributed by atoms with Crippen LogP contribution in [0.25, 0.3) is 0 Å². The summed E-state index contributed by atoms with van der Waals surface area (Å²) in [6, 6.07) is 23.2. The number of thiophene rings is 1. The fourth-order valence-corrected chi connectivity index (χ4v) is 4.17. The molecule has 0 amide bonds. The topological polar surface area (TPSA) is 24.5 Å². The Bertz CT molecular complexity index is 776. The number of hydrogen-bond acceptors (Lipinski definition) is 4. The van der Waals surface area contributed by atoms with E-state index in [0.717, 1.165) is 37.7 Å². The largest absolute Gasteiger partial charge is 0.457 e. The first-order valence-electron chi connectivity index (χ1n) is 8.71. The quantitative estimate of drug-likeness (QED) is 0.597. The van der Waals surface area contributed by atoms with Gasteiger partial charge in [0.1, 0.15) is 11.5 Å². The van der Waals surface area contributed by atoms with Crippen LogP contribution in [0.4, 0.5) is 0 Å². The smallest absolute Gasteiger partial charge is 0.127 e. The second-order valence-corrected chi connectivity index (χ2v) is 7.17. The highest BCUT2D eigenvalue weighted by atomic mass is 35.5. The molecule has 4 rings (SSSR count). The minimum absolute atomic E-state index is 0. The molecule has 2 aromatic carbocycles. The Labute approximate surface area is 177 Å². The van der Waals surface area contributed by atoms with Gasteiger partial charge in [-0.05, 0) is 41.3 Å². The predicted molar refractivity (Wildman–Crippen MR) is 118 cm³/mol. The second kappa shape index (κ2) is 10.7. The molecule has 0 aliphatic carbocycles. The summed E-state index contributed by atoms with van der Waals surface area (Å²) in [6.45, 7) is 4.25. The van der Waals surface area contributed by atoms with Crippen LogP contribution in [0.5, 0.6) is 11.5 Å². The number of hydrogen-bond donors (Lipinski definition) is 1. The van der Waals surface area contributed by atoms with Crippen LogP contribution in [-0.4, -0.2) is 31.1 Å². The van der Waals surface area contributed by atoms with Crippen molar-refractivity contribution in [2.24, 2.45) is 0 Å². The molecule has 6 heteroatoms. The molecular weight excluding hydrogens is 399 g/mol. The van der Waals surface area contributed by atoms with E-state index in [0.29, 0.717) is 6.04 Å². The lowest BCUT2D eigenvalue weighted by molar-refractivity contribution is 0.200. The number of rotatable bonds is 5. The third-order valence-corrected chi connectivity index (χ3v) is 5.43. The number of piperazine rings is 1. The van der Waals surface area contributed by atoms with Crippen LogP contribution >= 0.6 is 36.2 Å². The van der Waals surface area contributed by atoms with Gasteiger partial charge < -0.3 is 10.1 Å². The van der Waals surface area contributed by atoms with Crippen LogP contribution < -0.4 is 10.1 Å². The highest BCUT2D eigenvalue weighted by Gasteiger charge is 2.24. The van der Waals surface area contributed by atoms with E-state index in [-0.39, 0.29) is 24.8 Å². The lowest BCUT2D eigenvalue weighted by atomic mass is 10.0. The van der Waals surface area contributed by atoms with E-state index in [1.54, 1.807) is 0 Å². The minimum atomic E-state index is 0. The molecule has 1 atom stereocenters. The fraction of sp³-hybridized carbons (Fsp3) is 0.238. The first kappa shape index (κ1) is 21.7. The Morgan fingerprint density at radius 2 is 1.48 bits per heavy atom. The van der Waals surface area contributed by atoms with Crippen LogP contribution in [0.1, 0.15) is 16.5 Å². The summed E-state index contributed by atoms with van der Waals surface area (Å²) < 4.78 is 5.93. The third-order valence-electron chi connectivity index (χ3n) is 4.50. The lowest BCUT2D eigenvalue weighted by Crippen LogP contribution is -2.45. The molecule has 1 aromatic heterocycles. The molecule has 1 N–H and O–H groups in total. The van der Waals surface area contributed by atoms with E-state index >= 15 is 0 Å². The molecule has 2 heterocycles. The number of nitrogens with zero attached hydrogens (tertiary/aromatic N) is 1. The molecule has 0 spiro atoms. The molecule has 144 valence electrons. The molecule has 0 saturated carbocycles. The summed E-state index contributed by atoms with van der Waals surface area (Å²) in [5.41, 5.74) is 1.32. The van der Waals surface area contributed by atoms with Crippen LogP contribution in [0.2, 0.25) is 0 Å². The summed E-state index contributed by atoms with van der Waals surface area (Å²) in [6.07, 6.45) is 0. The highest BCUT2D eigenvalue weighted by Crippen LogP contribution is 2.33. The monoisotopic (exact) mass is 422 g/mol. The Hall–Kier alpha value is -1.56. The maximum atomic E-state index is 5.93. The average Bonchev–Trinajstić information content (AvgIpc) is 3.19. The molecule has 3 aromatic rings. The Morgan fingerprint density at radius 1 is 0.815 bits per heavy atom. The zero-order chi connectivity index (χ0) is 16.9. The number of halogens is 2. The molecule has 0 unspecified atom stereocenters. The van der Waals surface area contributed by atoms with Gasteiger partial charge in [0.05, 0.1) is 6.04 Å². The zero-order valence-electron chi connectivity index (χ0n) is 14.9. The van der Waals surface area contributed by atoms with Crippen LogP contribution in [0, 0.1) is 0 Å². The molecule has 0 radical (unpaired) electrons. The number of para-hydroxylation sites is 1. The molecule has 1 saturated heterocycles. The van der Waals surface area contributed by atoms with Crippen molar-refractivity contribution < 1.29 is 4.74 Å². The highest BCUT2D eigenvalue weighted by molar-refractivity contribution is 7.10. The average molecular weight is 423 g/mol. The van der Waals surface area contributed by atoms with Crippen molar-refractivity contribution in [2.45, 2.75) is 6.04 Å². The first-order valence-corrected chi connectivity index (χ1v) is 9.59. The fourth-order valence-electron chi connectivity index (χ4n) is 3.28. The van der Waals surface area contributed by atoms with Gasteiger partial charge in [-0.1, -0.05) is 36.4 Å². The SMILES string of the molecule is Cl.Cl.c1ccc(Oc2ccc([C@@H](c3cccs3)N3CCNCC3)cc2)cc1. The predicted octanol–water partition coefficient (Wildman–Crippen LogP) is 5.38. The van der Waals surface area contributed by atoms with E-state index in [2.05, 4.69) is 52.0 Å². The van der Waals surface area contributed by atoms with Crippen molar-refractivity contribution in [2.75, 3.05) is 26.2 Å². The van der Waals surface area contributed by atoms with Crippen molar-refractivity contribution in [3.05, 3.63) is 82.6 Å². The third kappa shape index (κ3) is 5.47. The van der Waals surface area contributed by atoms with Gasteiger partial charge in [0.25, 0.3) is 0 Å². The van der Waals surface area contributed by atoms with Gasteiger partial charge in [0, 0.05) is 31.1 Å². The van der Waals surface area contributed by atoms with Gasteiger partial charge in [-0.25, -0.2) is 0 Å². The van der Waals surface area contributed by atoms with Gasteiger partial charge in [-0.15, -0.1) is 36.2 Å². The molecule has 0 bridgehead atoms. The van der Waals surface area contributed by atoms with E-state index in [9.17, 15) is 0 Å². The maximum absolute atomic E-state index is 5.93. The zero-order valence-corrected chi connectivity index (χ0v) is 17.4. The van der Waals surface area contributed by atoms with Crippen molar-refractivity contribution in [3.63, 3.8) is 0 Å². The number of benzene rings is 2. The van der Waals surface area contributed by atoms with Gasteiger partial charge in [0.15, 0.2) is 0 Å². The van der Waals surface area contributed by atoms with Crippen molar-refractivity contribution in [1.29, 1.82) is 0 Å². The van der Waals surface area contributed by atoms with Crippen molar-refractivity contribution >= 4 is 36.2 Å². The number of nitrogens with one attached hydrogen (secondary N) is 1. The van der Waals surface area contributed by atoms with Crippen LogP contribution in [-0.2, 0) is 0 Å². The summed E-state index contributed by atoms with van der Waals surface area (Å²) in [4.78, 5) is 3.97. The molecule has 1 aliphatic rings.